The lowest BCUT2D eigenvalue weighted by Gasteiger charge is -2.19. The molecule has 0 amide bonds. The van der Waals surface area contributed by atoms with Gasteiger partial charge in [0.05, 0.1) is 61.4 Å². The fraction of sp³-hybridized carbons (Fsp3) is 0.0606. The largest absolute Gasteiger partial charge is 0.416 e. The van der Waals surface area contributed by atoms with E-state index in [9.17, 15) is 52.7 Å². The second-order valence-electron chi connectivity index (χ2n) is 19.9. The van der Waals surface area contributed by atoms with E-state index in [2.05, 4.69) is 0 Å². The molecular weight excluding hydrogens is 1100 g/mol. The molecule has 4 aromatic heterocycles. The summed E-state index contributed by atoms with van der Waals surface area (Å²) in [7, 11) is 0. The van der Waals surface area contributed by atoms with Crippen LogP contribution in [0.1, 0.15) is 22.3 Å². The van der Waals surface area contributed by atoms with Crippen LogP contribution in [0.2, 0.25) is 0 Å². The maximum absolute atomic E-state index is 14.2. The first-order chi connectivity index (χ1) is 40.2. The van der Waals surface area contributed by atoms with E-state index in [4.69, 9.17) is 19.9 Å². The van der Waals surface area contributed by atoms with Gasteiger partial charge in [0.1, 0.15) is 0 Å². The molecule has 0 aliphatic rings. The van der Waals surface area contributed by atoms with E-state index in [1.807, 2.05) is 106 Å². The Morgan fingerprint density at radius 1 is 0.274 bits per heavy atom. The van der Waals surface area contributed by atoms with Gasteiger partial charge < -0.3 is 9.13 Å². The van der Waals surface area contributed by atoms with Crippen molar-refractivity contribution >= 4 is 43.6 Å². The first-order valence-electron chi connectivity index (χ1n) is 25.8. The molecular formula is C66H36F12N6. The number of aromatic nitrogens is 6. The number of benzene rings is 9. The van der Waals surface area contributed by atoms with Crippen LogP contribution in [-0.4, -0.2) is 29.1 Å². The number of halogens is 12. The van der Waals surface area contributed by atoms with Crippen molar-refractivity contribution < 1.29 is 52.7 Å². The van der Waals surface area contributed by atoms with Crippen LogP contribution in [-0.2, 0) is 24.7 Å². The molecule has 0 aliphatic heterocycles. The van der Waals surface area contributed by atoms with Gasteiger partial charge in [-0.05, 0) is 125 Å². The van der Waals surface area contributed by atoms with Gasteiger partial charge in [-0.25, -0.2) is 15.0 Å². The van der Waals surface area contributed by atoms with Gasteiger partial charge in [-0.1, -0.05) is 109 Å². The molecule has 0 atom stereocenters. The first-order valence-corrected chi connectivity index (χ1v) is 25.8. The summed E-state index contributed by atoms with van der Waals surface area (Å²) in [5.41, 5.74) is -0.329. The summed E-state index contributed by atoms with van der Waals surface area (Å²) in [6.45, 7) is 0. The van der Waals surface area contributed by atoms with E-state index in [0.717, 1.165) is 0 Å². The summed E-state index contributed by atoms with van der Waals surface area (Å²) in [6, 6.07) is 54.2. The highest BCUT2D eigenvalue weighted by Crippen LogP contribution is 2.46. The Kier molecular flexibility index (Phi) is 12.6. The van der Waals surface area contributed by atoms with Crippen LogP contribution in [0.15, 0.2) is 219 Å². The minimum absolute atomic E-state index is 0.0830. The molecule has 0 aliphatic carbocycles. The lowest BCUT2D eigenvalue weighted by molar-refractivity contribution is -0.144. The van der Waals surface area contributed by atoms with Gasteiger partial charge >= 0.3 is 24.7 Å². The summed E-state index contributed by atoms with van der Waals surface area (Å²) in [5.74, 6) is 1.01. The molecule has 0 spiro atoms. The second-order valence-corrected chi connectivity index (χ2v) is 19.9. The van der Waals surface area contributed by atoms with Crippen LogP contribution in [0.25, 0.3) is 123 Å². The Balaban J connectivity index is 1.07. The van der Waals surface area contributed by atoms with Crippen LogP contribution < -0.4 is 0 Å². The second kappa shape index (κ2) is 19.8. The number of nitrogens with zero attached hydrogens (tertiary/aromatic N) is 6. The van der Waals surface area contributed by atoms with Gasteiger partial charge in [0.2, 0.25) is 0 Å². The molecule has 0 bridgehead atoms. The highest BCUT2D eigenvalue weighted by atomic mass is 19.4. The van der Waals surface area contributed by atoms with Crippen LogP contribution in [0.3, 0.4) is 0 Å². The van der Waals surface area contributed by atoms with Crippen LogP contribution >= 0.6 is 0 Å². The average Bonchev–Trinajstić information content (AvgIpc) is 3.07. The summed E-state index contributed by atoms with van der Waals surface area (Å²) in [6.07, 6.45) is -18.8. The van der Waals surface area contributed by atoms with Gasteiger partial charge in [0.15, 0.2) is 17.5 Å². The van der Waals surface area contributed by atoms with E-state index in [1.54, 1.807) is 72.9 Å². The lowest BCUT2D eigenvalue weighted by Crippen LogP contribution is -2.11. The topological polar surface area (TPSA) is 61.4 Å². The number of rotatable bonds is 8. The normalized spacial score (nSPS) is 12.5. The van der Waals surface area contributed by atoms with Crippen molar-refractivity contribution in [2.75, 3.05) is 0 Å². The maximum Gasteiger partial charge on any atom is 0.416 e. The number of hydrogen-bond donors (Lipinski definition) is 0. The smallest absolute Gasteiger partial charge is 0.309 e. The molecule has 6 nitrogen and oxygen atoms in total. The third kappa shape index (κ3) is 9.61. The monoisotopic (exact) mass is 1140 g/mol. The van der Waals surface area contributed by atoms with Crippen molar-refractivity contribution in [1.29, 1.82) is 0 Å². The fourth-order valence-corrected chi connectivity index (χ4v) is 10.8. The summed E-state index contributed by atoms with van der Waals surface area (Å²) in [5, 5.41) is 2.19. The molecule has 4 heterocycles. The van der Waals surface area contributed by atoms with Gasteiger partial charge in [0.25, 0.3) is 0 Å². The molecule has 13 aromatic rings. The highest BCUT2D eigenvalue weighted by molar-refractivity contribution is 6.13. The summed E-state index contributed by atoms with van der Waals surface area (Å²) >= 11 is 0. The first kappa shape index (κ1) is 53.2. The molecule has 414 valence electrons. The summed E-state index contributed by atoms with van der Waals surface area (Å²) in [4.78, 5) is 20.0. The Morgan fingerprint density at radius 3 is 1.10 bits per heavy atom. The minimum Gasteiger partial charge on any atom is -0.309 e. The minimum atomic E-state index is -5.09. The standard InChI is InChI=1S/C66H36F12N6/c67-63(68,69)44-28-42(29-45(35-44)64(70,71)72)39-21-24-55-50(32-39)48-16-7-9-18-53(48)83(55)57-26-23-41(62-81-60(37-12-3-1-4-13-37)80-61(82-62)38-14-5-2-6-15-38)34-52(57)59-58(20-11-27-79-59)84-54-19-10-8-17-49(54)51-33-40(22-25-56(51)84)43-30-46(65(73,74)75)36-47(31-43)66(76,77)78/h1-36H. The highest BCUT2D eigenvalue weighted by Gasteiger charge is 2.39. The number of pyridine rings is 1. The molecule has 0 saturated carbocycles. The quantitative estimate of drug-likeness (QED) is 0.142. The molecule has 0 radical (unpaired) electrons. The number of hydrogen-bond acceptors (Lipinski definition) is 4. The molecule has 9 aromatic carbocycles. The zero-order valence-electron chi connectivity index (χ0n) is 43.0. The third-order valence-corrected chi connectivity index (χ3v) is 14.7. The van der Waals surface area contributed by atoms with E-state index in [-0.39, 0.29) is 40.2 Å². The van der Waals surface area contributed by atoms with Crippen molar-refractivity contribution in [3.63, 3.8) is 0 Å². The Morgan fingerprint density at radius 2 is 0.655 bits per heavy atom. The van der Waals surface area contributed by atoms with Crippen molar-refractivity contribution in [1.82, 2.24) is 29.1 Å². The van der Waals surface area contributed by atoms with E-state index >= 15 is 0 Å². The van der Waals surface area contributed by atoms with Gasteiger partial charge in [-0.15, -0.1) is 0 Å². The van der Waals surface area contributed by atoms with Gasteiger partial charge in [-0.2, -0.15) is 52.7 Å². The molecule has 0 unspecified atom stereocenters. The molecule has 0 saturated heterocycles. The fourth-order valence-electron chi connectivity index (χ4n) is 10.8. The molecule has 18 heteroatoms. The van der Waals surface area contributed by atoms with Crippen LogP contribution in [0.5, 0.6) is 0 Å². The molecule has 0 fully saturated rings. The SMILES string of the molecule is FC(F)(F)c1cc(-c2ccc3c(c2)c2ccccc2n3-c2ccc(-c3nc(-c4ccccc4)nc(-c4ccccc4)n3)cc2-c2ncccc2-n2c3ccccc3c3cc(-c4cc(C(F)(F)F)cc(C(F)(F)F)c4)ccc32)cc(C(F)(F)F)c1. The van der Waals surface area contributed by atoms with Crippen LogP contribution in [0.4, 0.5) is 52.7 Å². The zero-order chi connectivity index (χ0) is 58.5. The zero-order valence-corrected chi connectivity index (χ0v) is 43.0. The predicted octanol–water partition coefficient (Wildman–Crippen LogP) is 19.5. The molecule has 13 rings (SSSR count). The van der Waals surface area contributed by atoms with E-state index in [1.165, 1.54) is 12.1 Å². The van der Waals surface area contributed by atoms with E-state index in [0.29, 0.717) is 119 Å². The van der Waals surface area contributed by atoms with Crippen molar-refractivity contribution in [2.45, 2.75) is 24.7 Å². The Bertz CT molecular complexity index is 4610. The Hall–Kier alpha value is -10.1. The maximum atomic E-state index is 14.2. The lowest BCUT2D eigenvalue weighted by atomic mass is 9.97. The average molecular weight is 1140 g/mol. The van der Waals surface area contributed by atoms with Crippen LogP contribution in [0, 0.1) is 0 Å². The van der Waals surface area contributed by atoms with E-state index < -0.39 is 47.0 Å². The molecule has 84 heavy (non-hydrogen) atoms. The third-order valence-electron chi connectivity index (χ3n) is 14.7. The number of fused-ring (bicyclic) bond motifs is 6. The van der Waals surface area contributed by atoms with Crippen molar-refractivity contribution in [3.05, 3.63) is 241 Å². The predicted molar refractivity (Wildman–Crippen MR) is 299 cm³/mol. The number of para-hydroxylation sites is 2. The number of alkyl halides is 12. The Labute approximate surface area is 468 Å². The molecule has 0 N–H and O–H groups in total. The van der Waals surface area contributed by atoms with Gasteiger partial charge in [-0.3, -0.25) is 4.98 Å². The summed E-state index contributed by atoms with van der Waals surface area (Å²) < 4.78 is 174. The van der Waals surface area contributed by atoms with Crippen molar-refractivity contribution in [2.24, 2.45) is 0 Å². The van der Waals surface area contributed by atoms with Gasteiger partial charge in [0, 0.05) is 50.0 Å². The van der Waals surface area contributed by atoms with Crippen molar-refractivity contribution in [3.8, 4) is 79.0 Å².